The molecule has 1 saturated heterocycles. The van der Waals surface area contributed by atoms with Gasteiger partial charge in [-0.2, -0.15) is 5.10 Å². The van der Waals surface area contributed by atoms with Gasteiger partial charge in [-0.3, -0.25) is 14.5 Å². The van der Waals surface area contributed by atoms with E-state index in [9.17, 15) is 4.79 Å². The van der Waals surface area contributed by atoms with Gasteiger partial charge in [-0.15, -0.1) is 11.3 Å². The number of anilines is 2. The van der Waals surface area contributed by atoms with Crippen LogP contribution in [0.15, 0.2) is 30.7 Å². The molecule has 1 amide bonds. The fraction of sp³-hybridized carbons (Fsp3) is 0.381. The van der Waals surface area contributed by atoms with E-state index in [1.54, 1.807) is 46.8 Å². The zero-order valence-electron chi connectivity index (χ0n) is 17.4. The average molecular weight is 424 g/mol. The molecule has 3 aromatic heterocycles. The number of nitrogens with zero attached hydrogens (tertiary/aromatic N) is 6. The first-order chi connectivity index (χ1) is 14.5. The maximum atomic E-state index is 12.7. The van der Waals surface area contributed by atoms with Crippen LogP contribution in [0.5, 0.6) is 0 Å². The Hall–Kier alpha value is -3.07. The van der Waals surface area contributed by atoms with E-state index in [0.717, 1.165) is 47.4 Å². The number of hydrogen-bond donors (Lipinski definition) is 1. The lowest BCUT2D eigenvalue weighted by molar-refractivity contribution is -0.127. The zero-order valence-corrected chi connectivity index (χ0v) is 18.2. The summed E-state index contributed by atoms with van der Waals surface area (Å²) < 4.78 is 1.74. The number of hydrogen-bond acceptors (Lipinski definition) is 7. The summed E-state index contributed by atoms with van der Waals surface area (Å²) in [7, 11) is 1.86. The molecule has 1 aliphatic rings. The molecule has 1 atom stereocenters. The maximum Gasteiger partial charge on any atom is 0.246 e. The van der Waals surface area contributed by atoms with E-state index in [1.807, 2.05) is 24.9 Å². The number of piperidine rings is 1. The van der Waals surface area contributed by atoms with Crippen molar-refractivity contribution >= 4 is 34.3 Å². The summed E-state index contributed by atoms with van der Waals surface area (Å²) in [5.41, 5.74) is 2.80. The minimum Gasteiger partial charge on any atom is -0.338 e. The number of nitrogens with one attached hydrogen (secondary N) is 1. The Labute approximate surface area is 179 Å². The van der Waals surface area contributed by atoms with Crippen molar-refractivity contribution in [3.8, 4) is 0 Å². The molecule has 0 aliphatic carbocycles. The van der Waals surface area contributed by atoms with Crippen LogP contribution >= 0.6 is 11.3 Å². The van der Waals surface area contributed by atoms with Crippen molar-refractivity contribution in [2.45, 2.75) is 32.6 Å². The van der Waals surface area contributed by atoms with Crippen molar-refractivity contribution < 1.29 is 4.79 Å². The van der Waals surface area contributed by atoms with E-state index in [4.69, 9.17) is 0 Å². The molecule has 3 aromatic rings. The molecule has 0 spiro atoms. The molecule has 0 aromatic carbocycles. The smallest absolute Gasteiger partial charge is 0.246 e. The van der Waals surface area contributed by atoms with Gasteiger partial charge in [0.25, 0.3) is 0 Å². The number of rotatable bonds is 5. The van der Waals surface area contributed by atoms with Crippen molar-refractivity contribution in [2.75, 3.05) is 18.4 Å². The van der Waals surface area contributed by atoms with Crippen molar-refractivity contribution in [2.24, 2.45) is 7.05 Å². The number of carbonyl (C=O) groups is 1. The fourth-order valence-electron chi connectivity index (χ4n) is 3.58. The third-order valence-corrected chi connectivity index (χ3v) is 6.34. The molecule has 156 valence electrons. The lowest BCUT2D eigenvalue weighted by Gasteiger charge is -2.32. The van der Waals surface area contributed by atoms with Crippen molar-refractivity contribution in [1.82, 2.24) is 29.6 Å². The Kier molecular flexibility index (Phi) is 5.89. The number of carbonyl (C=O) groups excluding carboxylic acids is 1. The van der Waals surface area contributed by atoms with Crippen LogP contribution < -0.4 is 5.32 Å². The third-order valence-electron chi connectivity index (χ3n) is 5.36. The van der Waals surface area contributed by atoms with Gasteiger partial charge in [-0.05, 0) is 38.8 Å². The molecule has 4 heterocycles. The zero-order chi connectivity index (χ0) is 21.1. The SMILES string of the molecule is Cc1nc(Nc2nccnc2[C@H]2CCCN(C(=O)/C=C/c3ccnn3C)C2)sc1C. The van der Waals surface area contributed by atoms with Crippen LogP contribution in [0.1, 0.15) is 40.7 Å². The van der Waals surface area contributed by atoms with Crippen LogP contribution in [0, 0.1) is 13.8 Å². The Bertz CT molecular complexity index is 1050. The van der Waals surface area contributed by atoms with Gasteiger partial charge in [0.15, 0.2) is 10.9 Å². The normalized spacial score (nSPS) is 16.9. The quantitative estimate of drug-likeness (QED) is 0.633. The minimum atomic E-state index is 0.00507. The Morgan fingerprint density at radius 1 is 1.27 bits per heavy atom. The average Bonchev–Trinajstić information content (AvgIpc) is 3.30. The summed E-state index contributed by atoms with van der Waals surface area (Å²) in [5.74, 6) is 0.854. The molecule has 0 saturated carbocycles. The van der Waals surface area contributed by atoms with Crippen LogP contribution in [0.25, 0.3) is 6.08 Å². The summed E-state index contributed by atoms with van der Waals surface area (Å²) in [4.78, 5) is 29.5. The number of thiazole rings is 1. The van der Waals surface area contributed by atoms with Crippen molar-refractivity contribution in [3.05, 3.63) is 52.7 Å². The summed E-state index contributed by atoms with van der Waals surface area (Å²) >= 11 is 1.61. The molecule has 1 aliphatic heterocycles. The van der Waals surface area contributed by atoms with Crippen LogP contribution in [-0.4, -0.2) is 48.6 Å². The van der Waals surface area contributed by atoms with Crippen LogP contribution in [0.3, 0.4) is 0 Å². The van der Waals surface area contributed by atoms with E-state index in [0.29, 0.717) is 6.54 Å². The first kappa shape index (κ1) is 20.2. The second kappa shape index (κ2) is 8.74. The first-order valence-electron chi connectivity index (χ1n) is 9.98. The van der Waals surface area contributed by atoms with E-state index >= 15 is 0 Å². The van der Waals surface area contributed by atoms with Gasteiger partial charge in [0.1, 0.15) is 0 Å². The minimum absolute atomic E-state index is 0.00507. The molecule has 8 nitrogen and oxygen atoms in total. The largest absolute Gasteiger partial charge is 0.338 e. The highest BCUT2D eigenvalue weighted by Gasteiger charge is 2.27. The summed E-state index contributed by atoms with van der Waals surface area (Å²) in [6.45, 7) is 5.43. The molecule has 0 unspecified atom stereocenters. The van der Waals surface area contributed by atoms with Gasteiger partial charge in [0.2, 0.25) is 5.91 Å². The van der Waals surface area contributed by atoms with Gasteiger partial charge in [-0.1, -0.05) is 0 Å². The van der Waals surface area contributed by atoms with E-state index in [-0.39, 0.29) is 11.8 Å². The monoisotopic (exact) mass is 423 g/mol. The summed E-state index contributed by atoms with van der Waals surface area (Å²) in [6, 6.07) is 1.88. The topological polar surface area (TPSA) is 88.8 Å². The summed E-state index contributed by atoms with van der Waals surface area (Å²) in [5, 5.41) is 8.27. The predicted octanol–water partition coefficient (Wildman–Crippen LogP) is 3.45. The van der Waals surface area contributed by atoms with Gasteiger partial charge < -0.3 is 10.2 Å². The number of aromatic nitrogens is 5. The van der Waals surface area contributed by atoms with Gasteiger partial charge >= 0.3 is 0 Å². The molecule has 9 heteroatoms. The standard InChI is InChI=1S/C21H25N7OS/c1-14-15(2)30-21(25-14)26-20-19(22-10-11-23-20)16-5-4-12-28(13-16)18(29)7-6-17-8-9-24-27(17)3/h6-11,16H,4-5,12-13H2,1-3H3,(H,23,25,26)/b7-6+/t16-/m0/s1. The fourth-order valence-corrected chi connectivity index (χ4v) is 4.40. The number of amides is 1. The van der Waals surface area contributed by atoms with Crippen LogP contribution in [0.2, 0.25) is 0 Å². The number of likely N-dealkylation sites (tertiary alicyclic amines) is 1. The van der Waals surface area contributed by atoms with Crippen molar-refractivity contribution in [1.29, 1.82) is 0 Å². The highest BCUT2D eigenvalue weighted by molar-refractivity contribution is 7.15. The highest BCUT2D eigenvalue weighted by atomic mass is 32.1. The molecule has 4 rings (SSSR count). The van der Waals surface area contributed by atoms with Crippen LogP contribution in [0.4, 0.5) is 10.9 Å². The Morgan fingerprint density at radius 3 is 2.83 bits per heavy atom. The summed E-state index contributed by atoms with van der Waals surface area (Å²) in [6.07, 6.45) is 10.4. The number of aryl methyl sites for hydroxylation is 3. The maximum absolute atomic E-state index is 12.7. The lowest BCUT2D eigenvalue weighted by atomic mass is 9.94. The first-order valence-corrected chi connectivity index (χ1v) is 10.8. The second-order valence-electron chi connectivity index (χ2n) is 7.41. The highest BCUT2D eigenvalue weighted by Crippen LogP contribution is 2.32. The third kappa shape index (κ3) is 4.40. The molecule has 1 N–H and O–H groups in total. The van der Waals surface area contributed by atoms with E-state index < -0.39 is 0 Å². The van der Waals surface area contributed by atoms with Gasteiger partial charge in [-0.25, -0.2) is 9.97 Å². The Morgan fingerprint density at radius 2 is 2.10 bits per heavy atom. The van der Waals surface area contributed by atoms with Crippen LogP contribution in [-0.2, 0) is 11.8 Å². The molecule has 0 bridgehead atoms. The molecule has 30 heavy (non-hydrogen) atoms. The predicted molar refractivity (Wildman–Crippen MR) is 118 cm³/mol. The molecular weight excluding hydrogens is 398 g/mol. The van der Waals surface area contributed by atoms with E-state index in [1.165, 1.54) is 4.88 Å². The van der Waals surface area contributed by atoms with Crippen molar-refractivity contribution in [3.63, 3.8) is 0 Å². The Balaban J connectivity index is 1.48. The van der Waals surface area contributed by atoms with Gasteiger partial charge in [0, 0.05) is 55.6 Å². The lowest BCUT2D eigenvalue weighted by Crippen LogP contribution is -2.38. The molecular formula is C21H25N7OS. The molecule has 0 radical (unpaired) electrons. The molecule has 1 fully saturated rings. The van der Waals surface area contributed by atoms with E-state index in [2.05, 4.69) is 32.3 Å². The second-order valence-corrected chi connectivity index (χ2v) is 8.62. The van der Waals surface area contributed by atoms with Gasteiger partial charge in [0.05, 0.1) is 17.1 Å².